The average Bonchev–Trinajstić information content (AvgIpc) is 2.82. The Bertz CT molecular complexity index is 1080. The molecule has 3 aromatic rings. The van der Waals surface area contributed by atoms with Crippen LogP contribution in [-0.4, -0.2) is 53.1 Å². The van der Waals surface area contributed by atoms with E-state index in [0.29, 0.717) is 17.2 Å². The molecule has 1 aromatic heterocycles. The summed E-state index contributed by atoms with van der Waals surface area (Å²) in [4.78, 5) is 22.4. The van der Waals surface area contributed by atoms with Crippen molar-refractivity contribution in [2.45, 2.75) is 20.3 Å². The molecule has 0 atom stereocenters. The molecule has 0 aliphatic rings. The highest BCUT2D eigenvalue weighted by molar-refractivity contribution is 5.91. The molecule has 1 N–H and O–H groups in total. The summed E-state index contributed by atoms with van der Waals surface area (Å²) in [5.74, 6) is 1.95. The van der Waals surface area contributed by atoms with Crippen LogP contribution in [0.5, 0.6) is 5.75 Å². The van der Waals surface area contributed by atoms with Crippen LogP contribution in [0.3, 0.4) is 0 Å². The number of nitrogens with zero attached hydrogens (tertiary/aromatic N) is 4. The highest BCUT2D eigenvalue weighted by atomic mass is 16.6. The number of fused-ring (bicyclic) bond motifs is 1. The van der Waals surface area contributed by atoms with Crippen molar-refractivity contribution in [3.05, 3.63) is 64.0 Å². The third kappa shape index (κ3) is 6.01. The number of methoxy groups -OCH3 is 1. The van der Waals surface area contributed by atoms with Crippen LogP contribution in [0.25, 0.3) is 23.1 Å². The van der Waals surface area contributed by atoms with Gasteiger partial charge >= 0.3 is 0 Å². The first kappa shape index (κ1) is 23.1. The van der Waals surface area contributed by atoms with Gasteiger partial charge in [-0.05, 0) is 55.9 Å². The molecule has 1 heterocycles. The van der Waals surface area contributed by atoms with Gasteiger partial charge in [-0.2, -0.15) is 0 Å². The highest BCUT2D eigenvalue weighted by Gasteiger charge is 2.12. The van der Waals surface area contributed by atoms with Crippen LogP contribution in [0, 0.1) is 10.1 Å². The van der Waals surface area contributed by atoms with E-state index in [1.807, 2.05) is 30.3 Å². The van der Waals surface area contributed by atoms with Crippen molar-refractivity contribution in [3.8, 4) is 5.75 Å². The Hall–Kier alpha value is -3.52. The SMILES string of the molecule is CCN(CC)CCCNc1nc(/C=C/c2ccc(OC)cc2)nc2cc([N+](=O)[O-])ccc12. The molecule has 0 bridgehead atoms. The van der Waals surface area contributed by atoms with Gasteiger partial charge in [0.05, 0.1) is 17.5 Å². The van der Waals surface area contributed by atoms with Crippen molar-refractivity contribution >= 4 is 34.6 Å². The summed E-state index contributed by atoms with van der Waals surface area (Å²) in [5.41, 5.74) is 1.52. The van der Waals surface area contributed by atoms with Gasteiger partial charge in [-0.1, -0.05) is 32.1 Å². The van der Waals surface area contributed by atoms with Crippen LogP contribution < -0.4 is 10.1 Å². The zero-order valence-corrected chi connectivity index (χ0v) is 18.7. The van der Waals surface area contributed by atoms with Gasteiger partial charge in [0.2, 0.25) is 0 Å². The Kier molecular flexibility index (Phi) is 8.10. The standard InChI is InChI=1S/C24H29N5O3/c1-4-28(5-2)16-6-15-25-24-21-13-10-19(29(30)31)17-22(21)26-23(27-24)14-9-18-7-11-20(32-3)12-8-18/h7-14,17H,4-6,15-16H2,1-3H3,(H,25,26,27)/b14-9+. The number of benzene rings is 2. The Morgan fingerprint density at radius 3 is 2.50 bits per heavy atom. The molecule has 8 nitrogen and oxygen atoms in total. The van der Waals surface area contributed by atoms with Crippen LogP contribution in [0.1, 0.15) is 31.7 Å². The van der Waals surface area contributed by atoms with Crippen LogP contribution in [0.15, 0.2) is 42.5 Å². The number of non-ortho nitro benzene ring substituents is 1. The number of hydrogen-bond acceptors (Lipinski definition) is 7. The van der Waals surface area contributed by atoms with E-state index in [9.17, 15) is 10.1 Å². The van der Waals surface area contributed by atoms with Crippen molar-refractivity contribution < 1.29 is 9.66 Å². The minimum absolute atomic E-state index is 0.00812. The molecular formula is C24H29N5O3. The average molecular weight is 436 g/mol. The number of hydrogen-bond donors (Lipinski definition) is 1. The molecule has 8 heteroatoms. The molecule has 168 valence electrons. The van der Waals surface area contributed by atoms with Gasteiger partial charge in [0.25, 0.3) is 5.69 Å². The van der Waals surface area contributed by atoms with Gasteiger partial charge < -0.3 is 15.0 Å². The molecule has 0 unspecified atom stereocenters. The van der Waals surface area contributed by atoms with Crippen molar-refractivity contribution in [3.63, 3.8) is 0 Å². The maximum absolute atomic E-state index is 11.2. The Labute approximate surface area is 188 Å². The number of aromatic nitrogens is 2. The molecule has 0 amide bonds. The first-order chi connectivity index (χ1) is 15.5. The number of nitro groups is 1. The first-order valence-electron chi connectivity index (χ1n) is 10.8. The number of rotatable bonds is 11. The summed E-state index contributed by atoms with van der Waals surface area (Å²) < 4.78 is 5.19. The van der Waals surface area contributed by atoms with Crippen LogP contribution in [0.4, 0.5) is 11.5 Å². The molecule has 2 aromatic carbocycles. The smallest absolute Gasteiger partial charge is 0.271 e. The van der Waals surface area contributed by atoms with Crippen molar-refractivity contribution in [1.29, 1.82) is 0 Å². The number of ether oxygens (including phenoxy) is 1. The van der Waals surface area contributed by atoms with E-state index in [0.717, 1.165) is 49.3 Å². The van der Waals surface area contributed by atoms with E-state index in [4.69, 9.17) is 4.74 Å². The van der Waals surface area contributed by atoms with Gasteiger partial charge in [-0.15, -0.1) is 0 Å². The monoisotopic (exact) mass is 435 g/mol. The van der Waals surface area contributed by atoms with Crippen LogP contribution in [-0.2, 0) is 0 Å². The van der Waals surface area contributed by atoms with E-state index in [-0.39, 0.29) is 5.69 Å². The van der Waals surface area contributed by atoms with E-state index >= 15 is 0 Å². The second-order valence-electron chi connectivity index (χ2n) is 7.30. The zero-order chi connectivity index (χ0) is 22.9. The number of nitrogens with one attached hydrogen (secondary N) is 1. The molecule has 0 radical (unpaired) electrons. The predicted molar refractivity (Wildman–Crippen MR) is 129 cm³/mol. The Morgan fingerprint density at radius 2 is 1.84 bits per heavy atom. The number of nitro benzene ring substituents is 1. The lowest BCUT2D eigenvalue weighted by molar-refractivity contribution is -0.384. The summed E-state index contributed by atoms with van der Waals surface area (Å²) in [6, 6.07) is 12.3. The summed E-state index contributed by atoms with van der Waals surface area (Å²) in [6.07, 6.45) is 4.68. The van der Waals surface area contributed by atoms with Crippen molar-refractivity contribution in [2.75, 3.05) is 38.6 Å². The zero-order valence-electron chi connectivity index (χ0n) is 18.7. The maximum atomic E-state index is 11.2. The van der Waals surface area contributed by atoms with E-state index < -0.39 is 4.92 Å². The molecule has 0 aliphatic carbocycles. The van der Waals surface area contributed by atoms with Gasteiger partial charge in [0, 0.05) is 24.1 Å². The van der Waals surface area contributed by atoms with E-state index in [1.54, 1.807) is 19.3 Å². The molecular weight excluding hydrogens is 406 g/mol. The summed E-state index contributed by atoms with van der Waals surface area (Å²) in [7, 11) is 1.63. The fourth-order valence-electron chi connectivity index (χ4n) is 3.39. The number of anilines is 1. The highest BCUT2D eigenvalue weighted by Crippen LogP contribution is 2.25. The lowest BCUT2D eigenvalue weighted by Gasteiger charge is -2.18. The molecule has 0 saturated heterocycles. The van der Waals surface area contributed by atoms with Gasteiger partial charge in [-0.25, -0.2) is 9.97 Å². The maximum Gasteiger partial charge on any atom is 0.271 e. The fourth-order valence-corrected chi connectivity index (χ4v) is 3.39. The quantitative estimate of drug-likeness (QED) is 0.261. The summed E-state index contributed by atoms with van der Waals surface area (Å²) >= 11 is 0. The van der Waals surface area contributed by atoms with Crippen LogP contribution in [0.2, 0.25) is 0 Å². The van der Waals surface area contributed by atoms with Crippen molar-refractivity contribution in [2.24, 2.45) is 0 Å². The Balaban J connectivity index is 1.86. The third-order valence-electron chi connectivity index (χ3n) is 5.29. The van der Waals surface area contributed by atoms with Gasteiger partial charge in [0.15, 0.2) is 5.82 Å². The van der Waals surface area contributed by atoms with Crippen LogP contribution >= 0.6 is 0 Å². The van der Waals surface area contributed by atoms with E-state index in [1.165, 1.54) is 12.1 Å². The molecule has 0 saturated carbocycles. The lowest BCUT2D eigenvalue weighted by atomic mass is 10.2. The van der Waals surface area contributed by atoms with E-state index in [2.05, 4.69) is 34.0 Å². The minimum atomic E-state index is -0.411. The minimum Gasteiger partial charge on any atom is -0.497 e. The first-order valence-corrected chi connectivity index (χ1v) is 10.8. The van der Waals surface area contributed by atoms with Gasteiger partial charge in [-0.3, -0.25) is 10.1 Å². The summed E-state index contributed by atoms with van der Waals surface area (Å²) in [6.45, 7) is 8.11. The topological polar surface area (TPSA) is 93.4 Å². The van der Waals surface area contributed by atoms with Gasteiger partial charge in [0.1, 0.15) is 11.6 Å². The predicted octanol–water partition coefficient (Wildman–Crippen LogP) is 4.86. The second-order valence-corrected chi connectivity index (χ2v) is 7.30. The molecule has 0 fully saturated rings. The summed E-state index contributed by atoms with van der Waals surface area (Å²) in [5, 5.41) is 15.4. The third-order valence-corrected chi connectivity index (χ3v) is 5.29. The molecule has 0 aliphatic heterocycles. The largest absolute Gasteiger partial charge is 0.497 e. The molecule has 0 spiro atoms. The molecule has 3 rings (SSSR count). The normalized spacial score (nSPS) is 11.4. The fraction of sp³-hybridized carbons (Fsp3) is 0.333. The van der Waals surface area contributed by atoms with Crippen molar-refractivity contribution in [1.82, 2.24) is 14.9 Å². The Morgan fingerprint density at radius 1 is 1.09 bits per heavy atom. The molecule has 32 heavy (non-hydrogen) atoms. The lowest BCUT2D eigenvalue weighted by Crippen LogP contribution is -2.25. The second kappa shape index (κ2) is 11.2.